The number of nitrogens with one attached hydrogen (secondary N) is 5. The number of benzene rings is 9. The van der Waals surface area contributed by atoms with Gasteiger partial charge in [0.15, 0.2) is 0 Å². The Morgan fingerprint density at radius 2 is 0.422 bits per heavy atom. The van der Waals surface area contributed by atoms with Crippen LogP contribution in [0.15, 0.2) is 273 Å². The summed E-state index contributed by atoms with van der Waals surface area (Å²) in [6.45, 7) is 8.54. The fraction of sp³-hybridized carbons (Fsp3) is 0.383. The molecule has 0 saturated carbocycles. The van der Waals surface area contributed by atoms with Gasteiger partial charge in [-0.15, -0.1) is 0 Å². The SMILES string of the molecule is CCO[Si](CCNC(=O)NC(CCC(=O)NC(CCOc1ccccc1)(CCOc1ccccc1)CCOc1ccccc1)(CCC(=O)NC(CCOc1ccccc1)(CCOc1ccccc1)CCOc1ccccc1)CCC(=O)NC(CCOc1ccccc1)(CCOc1ccccc1)CCOc1ccccc1)(OCC)OCC. The van der Waals surface area contributed by atoms with Gasteiger partial charge in [0.1, 0.15) is 51.7 Å². The molecule has 618 valence electrons. The van der Waals surface area contributed by atoms with Crippen molar-refractivity contribution in [2.45, 2.75) is 145 Å². The lowest BCUT2D eigenvalue weighted by molar-refractivity contribution is -0.124. The van der Waals surface area contributed by atoms with E-state index in [2.05, 4.69) is 26.6 Å². The Labute approximate surface area is 686 Å². The van der Waals surface area contributed by atoms with Gasteiger partial charge in [0.2, 0.25) is 17.7 Å². The Kier molecular flexibility index (Phi) is 38.1. The van der Waals surface area contributed by atoms with Gasteiger partial charge >= 0.3 is 14.8 Å². The van der Waals surface area contributed by atoms with Crippen LogP contribution in [0.2, 0.25) is 6.04 Å². The van der Waals surface area contributed by atoms with Gasteiger partial charge in [-0.25, -0.2) is 4.79 Å². The van der Waals surface area contributed by atoms with Crippen molar-refractivity contribution in [1.82, 2.24) is 26.6 Å². The van der Waals surface area contributed by atoms with Crippen molar-refractivity contribution in [3.63, 3.8) is 0 Å². The minimum atomic E-state index is -3.32. The Morgan fingerprint density at radius 1 is 0.250 bits per heavy atom. The Morgan fingerprint density at radius 3 is 0.595 bits per heavy atom. The fourth-order valence-electron chi connectivity index (χ4n) is 13.9. The predicted molar refractivity (Wildman–Crippen MR) is 454 cm³/mol. The van der Waals surface area contributed by atoms with Gasteiger partial charge < -0.3 is 82.5 Å². The third-order valence-electron chi connectivity index (χ3n) is 20.2. The maximum atomic E-state index is 15.8. The molecule has 0 aliphatic heterocycles. The number of urea groups is 1. The quantitative estimate of drug-likeness (QED) is 0.0223. The van der Waals surface area contributed by atoms with Crippen LogP contribution in [0.25, 0.3) is 0 Å². The molecule has 116 heavy (non-hydrogen) atoms. The van der Waals surface area contributed by atoms with Gasteiger partial charge in [-0.1, -0.05) is 164 Å². The number of para-hydroxylation sites is 9. The largest absolute Gasteiger partial charge is 0.502 e. The lowest BCUT2D eigenvalue weighted by Gasteiger charge is -2.39. The van der Waals surface area contributed by atoms with E-state index < -0.39 is 37.0 Å². The topological polar surface area (TPSA) is 239 Å². The number of ether oxygens (including phenoxy) is 9. The zero-order valence-corrected chi connectivity index (χ0v) is 68.5. The molecule has 9 aromatic rings. The van der Waals surface area contributed by atoms with Crippen LogP contribution >= 0.6 is 0 Å². The van der Waals surface area contributed by atoms with Crippen LogP contribution in [0.1, 0.15) is 117 Å². The summed E-state index contributed by atoms with van der Waals surface area (Å²) >= 11 is 0. The monoisotopic (exact) mass is 1600 g/mol. The highest BCUT2D eigenvalue weighted by atomic mass is 28.4. The summed E-state index contributed by atoms with van der Waals surface area (Å²) in [5.74, 6) is 4.86. The molecule has 0 unspecified atom stereocenters. The first kappa shape index (κ1) is 88.9. The van der Waals surface area contributed by atoms with E-state index in [-0.39, 0.29) is 128 Å². The van der Waals surface area contributed by atoms with Crippen LogP contribution in [0.5, 0.6) is 51.7 Å². The average Bonchev–Trinajstić information content (AvgIpc) is 0.824. The molecule has 0 spiro atoms. The summed E-state index contributed by atoms with van der Waals surface area (Å²) in [6, 6.07) is 85.2. The molecule has 0 bridgehead atoms. The number of carbonyl (C=O) groups is 4. The summed E-state index contributed by atoms with van der Waals surface area (Å²) in [6.07, 6.45) is 2.27. The zero-order valence-electron chi connectivity index (χ0n) is 67.5. The summed E-state index contributed by atoms with van der Waals surface area (Å²) in [7, 11) is -3.32. The third kappa shape index (κ3) is 32.7. The number of carbonyl (C=O) groups excluding carboxylic acids is 4. The van der Waals surface area contributed by atoms with E-state index in [4.69, 9.17) is 55.9 Å². The van der Waals surface area contributed by atoms with E-state index in [0.717, 1.165) is 0 Å². The molecule has 9 rings (SSSR count). The van der Waals surface area contributed by atoms with Crippen LogP contribution in [-0.4, -0.2) is 141 Å². The van der Waals surface area contributed by atoms with Gasteiger partial charge in [0, 0.05) is 132 Å². The molecular weight excluding hydrogens is 1480 g/mol. The van der Waals surface area contributed by atoms with Gasteiger partial charge in [0.05, 0.1) is 59.5 Å². The second-order valence-corrected chi connectivity index (χ2v) is 31.3. The minimum absolute atomic E-state index is 0.0578. The molecule has 0 aliphatic rings. The minimum Gasteiger partial charge on any atom is -0.494 e. The molecule has 0 atom stereocenters. The molecule has 9 aromatic carbocycles. The third-order valence-corrected chi connectivity index (χ3v) is 23.3. The van der Waals surface area contributed by atoms with E-state index in [1.54, 1.807) is 0 Å². The molecule has 5 amide bonds. The molecule has 0 fully saturated rings. The highest BCUT2D eigenvalue weighted by molar-refractivity contribution is 6.60. The highest BCUT2D eigenvalue weighted by Gasteiger charge is 2.42. The van der Waals surface area contributed by atoms with E-state index in [1.807, 2.05) is 294 Å². The number of rotatable bonds is 58. The van der Waals surface area contributed by atoms with E-state index in [1.165, 1.54) is 0 Å². The lowest BCUT2D eigenvalue weighted by Crippen LogP contribution is -2.57. The van der Waals surface area contributed by atoms with Crippen molar-refractivity contribution in [3.05, 3.63) is 273 Å². The zero-order chi connectivity index (χ0) is 81.4. The van der Waals surface area contributed by atoms with Crippen LogP contribution < -0.4 is 69.2 Å². The highest BCUT2D eigenvalue weighted by Crippen LogP contribution is 2.33. The Hall–Kier alpha value is -11.0. The molecule has 21 nitrogen and oxygen atoms in total. The fourth-order valence-corrected chi connectivity index (χ4v) is 16.4. The summed E-state index contributed by atoms with van der Waals surface area (Å²) < 4.78 is 76.6. The van der Waals surface area contributed by atoms with Gasteiger partial charge in [-0.05, 0) is 149 Å². The Balaban J connectivity index is 1.10. The number of hydrogen-bond donors (Lipinski definition) is 5. The first-order valence-electron chi connectivity index (χ1n) is 40.8. The van der Waals surface area contributed by atoms with Gasteiger partial charge in [0.25, 0.3) is 0 Å². The van der Waals surface area contributed by atoms with Crippen molar-refractivity contribution in [3.8, 4) is 51.7 Å². The van der Waals surface area contributed by atoms with Crippen LogP contribution in [0.3, 0.4) is 0 Å². The number of amides is 5. The maximum absolute atomic E-state index is 15.8. The van der Waals surface area contributed by atoms with Crippen LogP contribution in [0.4, 0.5) is 4.79 Å². The van der Waals surface area contributed by atoms with Crippen molar-refractivity contribution in [2.75, 3.05) is 85.8 Å². The van der Waals surface area contributed by atoms with Crippen molar-refractivity contribution >= 4 is 32.6 Å². The van der Waals surface area contributed by atoms with E-state index in [9.17, 15) is 0 Å². The predicted octanol–water partition coefficient (Wildman–Crippen LogP) is 17.2. The van der Waals surface area contributed by atoms with Gasteiger partial charge in [-0.2, -0.15) is 0 Å². The summed E-state index contributed by atoms with van der Waals surface area (Å²) in [4.78, 5) is 62.8. The molecule has 0 aliphatic carbocycles. The van der Waals surface area contributed by atoms with E-state index >= 15 is 19.2 Å². The first-order chi connectivity index (χ1) is 56.8. The summed E-state index contributed by atoms with van der Waals surface area (Å²) in [5, 5.41) is 17.0. The second-order valence-electron chi connectivity index (χ2n) is 28.6. The lowest BCUT2D eigenvalue weighted by atomic mass is 9.81. The van der Waals surface area contributed by atoms with Gasteiger partial charge in [-0.3, -0.25) is 14.4 Å². The van der Waals surface area contributed by atoms with Crippen molar-refractivity contribution in [1.29, 1.82) is 0 Å². The van der Waals surface area contributed by atoms with Crippen LogP contribution in [-0.2, 0) is 27.7 Å². The number of hydrogen-bond acceptors (Lipinski definition) is 16. The second kappa shape index (κ2) is 49.7. The summed E-state index contributed by atoms with van der Waals surface area (Å²) in [5.41, 5.74) is -4.52. The molecule has 0 radical (unpaired) electrons. The molecule has 5 N–H and O–H groups in total. The maximum Gasteiger partial charge on any atom is 0.502 e. The van der Waals surface area contributed by atoms with Crippen molar-refractivity contribution < 1.29 is 75.1 Å². The normalized spacial score (nSPS) is 11.6. The standard InChI is InChI=1S/C94H117N5O16Si/c1-4-113-116(114-5-2,115-6-3)77-67-95-90(103)99-91(55-52-87(100)96-92(58-68-104-78-34-16-7-17-35-78,59-69-105-79-36-18-8-19-37-79)60-70-106-80-38-20-9-21-39-80,56-53-88(101)97-93(61-71-107-81-40-22-10-23-41-81,62-72-108-82-42-24-11-25-43-82)63-73-109-83-44-26-12-27-45-83)57-54-89(102)98-94(64-74-110-84-46-28-13-29-47-84,65-75-111-85-48-30-14-31-49-85)66-76-112-86-50-32-15-33-51-86/h7-51H,4-6,52-77H2,1-3H3,(H,96,100)(H,97,101)(H,98,102)(H2,95,99,103). The molecule has 0 heterocycles. The average molecular weight is 1600 g/mol. The van der Waals surface area contributed by atoms with Crippen molar-refractivity contribution in [2.24, 2.45) is 0 Å². The smallest absolute Gasteiger partial charge is 0.494 e. The Bertz CT molecular complexity index is 3420. The van der Waals surface area contributed by atoms with Crippen LogP contribution in [0, 0.1) is 0 Å². The molecule has 0 aromatic heterocycles. The molecular formula is C94H117N5O16Si. The molecule has 0 saturated heterocycles. The first-order valence-corrected chi connectivity index (χ1v) is 42.7. The van der Waals surface area contributed by atoms with E-state index in [0.29, 0.717) is 129 Å². The molecule has 22 heteroatoms.